The highest BCUT2D eigenvalue weighted by molar-refractivity contribution is 6.18. The molecule has 5 atom stereocenters. The summed E-state index contributed by atoms with van der Waals surface area (Å²) in [5.74, 6) is -1.98. The van der Waals surface area contributed by atoms with Crippen LogP contribution in [0.15, 0.2) is 17.1 Å². The van der Waals surface area contributed by atoms with Crippen LogP contribution in [-0.2, 0) is 19.0 Å². The van der Waals surface area contributed by atoms with E-state index in [4.69, 9.17) is 31.5 Å². The molecule has 0 saturated carbocycles. The van der Waals surface area contributed by atoms with E-state index in [-0.39, 0.29) is 5.82 Å². The van der Waals surface area contributed by atoms with Crippen LogP contribution in [0, 0.1) is 5.92 Å². The molecule has 1 aromatic heterocycles. The van der Waals surface area contributed by atoms with E-state index in [0.717, 1.165) is 4.57 Å². The van der Waals surface area contributed by atoms with Gasteiger partial charge in [0.1, 0.15) is 23.1 Å². The Balaban J connectivity index is 2.30. The van der Waals surface area contributed by atoms with Gasteiger partial charge in [0.2, 0.25) is 0 Å². The van der Waals surface area contributed by atoms with Crippen LogP contribution in [-0.4, -0.2) is 68.7 Å². The molecule has 2 rings (SSSR count). The Morgan fingerprint density at radius 1 is 1.45 bits per heavy atom. The van der Waals surface area contributed by atoms with E-state index in [1.54, 1.807) is 34.6 Å². The van der Waals surface area contributed by atoms with Crippen molar-refractivity contribution >= 4 is 29.5 Å². The lowest BCUT2D eigenvalue weighted by atomic mass is 9.98. The Bertz CT molecular complexity index is 916. The summed E-state index contributed by atoms with van der Waals surface area (Å²) in [7, 11) is 0. The van der Waals surface area contributed by atoms with Crippen LogP contribution in [0.2, 0.25) is 0 Å². The maximum absolute atomic E-state index is 15.5. The van der Waals surface area contributed by atoms with Crippen LogP contribution < -0.4 is 16.7 Å². The van der Waals surface area contributed by atoms with Gasteiger partial charge in [-0.25, -0.2) is 18.8 Å². The maximum Gasteiger partial charge on any atom is 0.408 e. The second-order valence-corrected chi connectivity index (χ2v) is 9.34. The number of rotatable bonds is 7. The number of aliphatic hydroxyl groups excluding tert-OH is 1. The molecule has 13 heteroatoms. The number of nitrogens with two attached hydrogens (primary N) is 1. The zero-order chi connectivity index (χ0) is 25.1. The molecule has 0 bridgehead atoms. The van der Waals surface area contributed by atoms with E-state index in [1.165, 1.54) is 12.3 Å². The highest BCUT2D eigenvalue weighted by Gasteiger charge is 2.59. The SMILES string of the molecule is CC(C)C(NC(=O)OC(C)(C)C)C(=O)OC1C(F)C(n2ccc(N)nc2=O)OC1(CO)CCl. The summed E-state index contributed by atoms with van der Waals surface area (Å²) < 4.78 is 32.5. The molecule has 186 valence electrons. The molecule has 0 aromatic carbocycles. The molecule has 5 unspecified atom stereocenters. The number of alkyl halides is 2. The molecule has 4 N–H and O–H groups in total. The number of anilines is 1. The number of esters is 1. The highest BCUT2D eigenvalue weighted by Crippen LogP contribution is 2.41. The largest absolute Gasteiger partial charge is 0.454 e. The van der Waals surface area contributed by atoms with Gasteiger partial charge in [0.05, 0.1) is 12.5 Å². The van der Waals surface area contributed by atoms with Gasteiger partial charge in [0.25, 0.3) is 0 Å². The van der Waals surface area contributed by atoms with Crippen LogP contribution in [0.3, 0.4) is 0 Å². The smallest absolute Gasteiger partial charge is 0.408 e. The van der Waals surface area contributed by atoms with E-state index in [1.807, 2.05) is 0 Å². The Hall–Kier alpha value is -2.44. The molecule has 11 nitrogen and oxygen atoms in total. The minimum atomic E-state index is -2.10. The van der Waals surface area contributed by atoms with Crippen LogP contribution in [0.1, 0.15) is 40.8 Å². The first-order valence-electron chi connectivity index (χ1n) is 10.3. The second-order valence-electron chi connectivity index (χ2n) is 9.08. The number of aromatic nitrogens is 2. The van der Waals surface area contributed by atoms with Gasteiger partial charge in [0, 0.05) is 6.20 Å². The van der Waals surface area contributed by atoms with Crippen molar-refractivity contribution in [3.63, 3.8) is 0 Å². The van der Waals surface area contributed by atoms with Crippen molar-refractivity contribution in [2.45, 2.75) is 70.4 Å². The number of nitrogens with zero attached hydrogens (tertiary/aromatic N) is 2. The number of amides is 1. The number of hydrogen-bond acceptors (Lipinski definition) is 9. The number of nitrogen functional groups attached to an aromatic ring is 1. The average molecular weight is 493 g/mol. The summed E-state index contributed by atoms with van der Waals surface area (Å²) in [6.07, 6.45) is -5.07. The van der Waals surface area contributed by atoms with E-state index in [0.29, 0.717) is 0 Å². The zero-order valence-corrected chi connectivity index (χ0v) is 19.8. The van der Waals surface area contributed by atoms with Crippen molar-refractivity contribution in [1.29, 1.82) is 0 Å². The third kappa shape index (κ3) is 6.12. The molecule has 1 aliphatic heterocycles. The van der Waals surface area contributed by atoms with E-state index < -0.39 is 71.9 Å². The quantitative estimate of drug-likeness (QED) is 0.375. The molecule has 1 aromatic rings. The number of hydrogen-bond donors (Lipinski definition) is 3. The molecule has 0 spiro atoms. The molecular formula is C20H30ClFN4O7. The number of nitrogens with one attached hydrogen (secondary N) is 1. The van der Waals surface area contributed by atoms with Crippen molar-refractivity contribution in [3.05, 3.63) is 22.7 Å². The van der Waals surface area contributed by atoms with E-state index >= 15 is 4.39 Å². The number of carbonyl (C=O) groups excluding carboxylic acids is 2. The summed E-state index contributed by atoms with van der Waals surface area (Å²) in [6.45, 7) is 7.44. The van der Waals surface area contributed by atoms with Gasteiger partial charge in [0.15, 0.2) is 18.5 Å². The molecule has 33 heavy (non-hydrogen) atoms. The van der Waals surface area contributed by atoms with Crippen molar-refractivity contribution in [2.24, 2.45) is 5.92 Å². The molecule has 0 radical (unpaired) electrons. The molecule has 1 fully saturated rings. The van der Waals surface area contributed by atoms with Crippen molar-refractivity contribution in [3.8, 4) is 0 Å². The van der Waals surface area contributed by atoms with Gasteiger partial charge >= 0.3 is 17.8 Å². The number of alkyl carbamates (subject to hydrolysis) is 1. The number of aliphatic hydroxyl groups is 1. The van der Waals surface area contributed by atoms with Crippen LogP contribution in [0.4, 0.5) is 15.0 Å². The van der Waals surface area contributed by atoms with Gasteiger partial charge < -0.3 is 30.4 Å². The fraction of sp³-hybridized carbons (Fsp3) is 0.700. The van der Waals surface area contributed by atoms with Gasteiger partial charge in [-0.1, -0.05) is 13.8 Å². The van der Waals surface area contributed by atoms with Crippen molar-refractivity contribution < 1.29 is 33.3 Å². The minimum absolute atomic E-state index is 0.0774. The second kappa shape index (κ2) is 10.2. The summed E-state index contributed by atoms with van der Waals surface area (Å²) in [6, 6.07) is 0.0660. The average Bonchev–Trinajstić information content (AvgIpc) is 2.97. The lowest BCUT2D eigenvalue weighted by Gasteiger charge is -2.32. The molecule has 2 heterocycles. The Morgan fingerprint density at radius 2 is 2.09 bits per heavy atom. The predicted octanol–water partition coefficient (Wildman–Crippen LogP) is 1.12. The summed E-state index contributed by atoms with van der Waals surface area (Å²) in [5.41, 5.74) is 1.90. The van der Waals surface area contributed by atoms with Gasteiger partial charge in [-0.3, -0.25) is 4.57 Å². The minimum Gasteiger partial charge on any atom is -0.454 e. The first kappa shape index (κ1) is 26.8. The fourth-order valence-electron chi connectivity index (χ4n) is 3.22. The third-order valence-electron chi connectivity index (χ3n) is 4.89. The fourth-order valence-corrected chi connectivity index (χ4v) is 3.52. The van der Waals surface area contributed by atoms with Gasteiger partial charge in [-0.2, -0.15) is 4.98 Å². The highest BCUT2D eigenvalue weighted by atomic mass is 35.5. The number of carbonyl (C=O) groups is 2. The summed E-state index contributed by atoms with van der Waals surface area (Å²) in [5, 5.41) is 12.3. The predicted molar refractivity (Wildman–Crippen MR) is 116 cm³/mol. The number of halogens is 2. The standard InChI is InChI=1S/C20H30ClFN4O7/c1-10(2)13(25-18(30)33-19(3,4)5)16(28)31-14-12(22)15(32-20(14,8-21)9-27)26-7-6-11(23)24-17(26)29/h6-7,10,12-15,27H,8-9H2,1-5H3,(H,25,30)(H2,23,24,29). The first-order chi connectivity index (χ1) is 15.2. The Kier molecular flexibility index (Phi) is 8.31. The molecular weight excluding hydrogens is 463 g/mol. The maximum atomic E-state index is 15.5. The van der Waals surface area contributed by atoms with E-state index in [9.17, 15) is 19.5 Å². The van der Waals surface area contributed by atoms with Crippen molar-refractivity contribution in [1.82, 2.24) is 14.9 Å². The number of ether oxygens (including phenoxy) is 3. The molecule has 1 aliphatic rings. The lowest BCUT2D eigenvalue weighted by Crippen LogP contribution is -2.53. The normalized spacial score (nSPS) is 26.2. The van der Waals surface area contributed by atoms with Crippen LogP contribution in [0.25, 0.3) is 0 Å². The lowest BCUT2D eigenvalue weighted by molar-refractivity contribution is -0.168. The monoisotopic (exact) mass is 492 g/mol. The van der Waals surface area contributed by atoms with Crippen LogP contribution >= 0.6 is 11.6 Å². The van der Waals surface area contributed by atoms with Gasteiger partial charge in [-0.15, -0.1) is 11.6 Å². The molecule has 0 aliphatic carbocycles. The summed E-state index contributed by atoms with van der Waals surface area (Å²) >= 11 is 5.97. The van der Waals surface area contributed by atoms with Crippen molar-refractivity contribution in [2.75, 3.05) is 18.2 Å². The first-order valence-corrected chi connectivity index (χ1v) is 10.8. The zero-order valence-electron chi connectivity index (χ0n) is 19.1. The van der Waals surface area contributed by atoms with E-state index in [2.05, 4.69) is 10.3 Å². The topological polar surface area (TPSA) is 155 Å². The Morgan fingerprint density at radius 3 is 2.58 bits per heavy atom. The molecule has 1 amide bonds. The van der Waals surface area contributed by atoms with Crippen LogP contribution in [0.5, 0.6) is 0 Å². The Labute approximate surface area is 195 Å². The third-order valence-corrected chi connectivity index (χ3v) is 5.34. The molecule has 1 saturated heterocycles. The van der Waals surface area contributed by atoms with Gasteiger partial charge in [-0.05, 0) is 32.8 Å². The summed E-state index contributed by atoms with van der Waals surface area (Å²) in [4.78, 5) is 40.8.